The summed E-state index contributed by atoms with van der Waals surface area (Å²) in [7, 11) is 0. The first-order valence-electron chi connectivity index (χ1n) is 12.4. The summed E-state index contributed by atoms with van der Waals surface area (Å²) in [5.41, 5.74) is 2.78. The van der Waals surface area contributed by atoms with Crippen LogP contribution in [0.5, 0.6) is 11.6 Å². The zero-order valence-electron chi connectivity index (χ0n) is 20.2. The number of fused-ring (bicyclic) bond motifs is 5. The minimum atomic E-state index is -0.311. The lowest BCUT2D eigenvalue weighted by atomic mass is 10.0. The van der Waals surface area contributed by atoms with Gasteiger partial charge in [-0.15, -0.1) is 10.2 Å². The average molecular weight is 499 g/mol. The molecule has 1 fully saturated rings. The number of anilines is 1. The van der Waals surface area contributed by atoms with Gasteiger partial charge in [0.25, 0.3) is 5.91 Å². The molecule has 1 N–H and O–H groups in total. The number of hydrogen-bond acceptors (Lipinski definition) is 8. The third-order valence-electron chi connectivity index (χ3n) is 6.36. The fourth-order valence-electron chi connectivity index (χ4n) is 4.41. The minimum absolute atomic E-state index is 0.0360. The van der Waals surface area contributed by atoms with Gasteiger partial charge in [0.1, 0.15) is 29.7 Å². The average Bonchev–Trinajstić information content (AvgIpc) is 3.61. The van der Waals surface area contributed by atoms with Crippen LogP contribution in [-0.2, 0) is 11.3 Å². The second-order valence-corrected chi connectivity index (χ2v) is 8.97. The van der Waals surface area contributed by atoms with Gasteiger partial charge in [0.05, 0.1) is 25.4 Å². The quantitative estimate of drug-likeness (QED) is 0.451. The van der Waals surface area contributed by atoms with Crippen molar-refractivity contribution >= 4 is 11.7 Å². The number of hydrogen-bond donors (Lipinski definition) is 1. The molecule has 6 rings (SSSR count). The van der Waals surface area contributed by atoms with E-state index in [-0.39, 0.29) is 12.0 Å². The second-order valence-electron chi connectivity index (χ2n) is 8.97. The lowest BCUT2D eigenvalue weighted by molar-refractivity contribution is 0.102. The molecule has 1 saturated heterocycles. The van der Waals surface area contributed by atoms with E-state index >= 15 is 0 Å². The molecule has 10 heteroatoms. The van der Waals surface area contributed by atoms with Crippen LogP contribution in [0.2, 0.25) is 0 Å². The van der Waals surface area contributed by atoms with E-state index in [9.17, 15) is 4.79 Å². The van der Waals surface area contributed by atoms with Crippen molar-refractivity contribution in [3.05, 3.63) is 66.6 Å². The number of carbonyl (C=O) groups is 1. The van der Waals surface area contributed by atoms with Crippen molar-refractivity contribution in [3.63, 3.8) is 0 Å². The number of ether oxygens (including phenoxy) is 3. The van der Waals surface area contributed by atoms with Crippen LogP contribution in [0.15, 0.2) is 61.1 Å². The van der Waals surface area contributed by atoms with Crippen molar-refractivity contribution in [1.29, 1.82) is 0 Å². The molecule has 0 aliphatic carbocycles. The highest BCUT2D eigenvalue weighted by Crippen LogP contribution is 2.29. The Bertz CT molecular complexity index is 1400. The third-order valence-corrected chi connectivity index (χ3v) is 6.36. The zero-order chi connectivity index (χ0) is 25.0. The van der Waals surface area contributed by atoms with E-state index in [1.54, 1.807) is 18.6 Å². The summed E-state index contributed by atoms with van der Waals surface area (Å²) in [5, 5.41) is 11.2. The molecule has 0 radical (unpaired) electrons. The van der Waals surface area contributed by atoms with Crippen LogP contribution in [0.1, 0.15) is 29.6 Å². The Labute approximate surface area is 213 Å². The largest absolute Gasteiger partial charge is 0.493 e. The minimum Gasteiger partial charge on any atom is -0.493 e. The van der Waals surface area contributed by atoms with Crippen molar-refractivity contribution in [3.8, 4) is 34.3 Å². The van der Waals surface area contributed by atoms with Crippen LogP contribution in [0.4, 0.5) is 5.82 Å². The van der Waals surface area contributed by atoms with Gasteiger partial charge in [-0.3, -0.25) is 4.79 Å². The monoisotopic (exact) mass is 498 g/mol. The van der Waals surface area contributed by atoms with Crippen LogP contribution < -0.4 is 14.8 Å². The molecular formula is C27H26N6O4. The maximum Gasteiger partial charge on any atom is 0.260 e. The summed E-state index contributed by atoms with van der Waals surface area (Å²) in [5.74, 6) is 1.85. The van der Waals surface area contributed by atoms with Crippen molar-refractivity contribution in [2.45, 2.75) is 31.9 Å². The van der Waals surface area contributed by atoms with Crippen LogP contribution in [0, 0.1) is 0 Å². The van der Waals surface area contributed by atoms with Crippen LogP contribution in [0.3, 0.4) is 0 Å². The predicted molar refractivity (Wildman–Crippen MR) is 135 cm³/mol. The third kappa shape index (κ3) is 5.14. The van der Waals surface area contributed by atoms with Gasteiger partial charge in [0, 0.05) is 30.8 Å². The molecule has 0 saturated carbocycles. The molecule has 37 heavy (non-hydrogen) atoms. The van der Waals surface area contributed by atoms with Gasteiger partial charge in [-0.1, -0.05) is 12.1 Å². The number of amides is 1. The molecule has 2 bridgehead atoms. The van der Waals surface area contributed by atoms with Gasteiger partial charge in [-0.2, -0.15) is 0 Å². The van der Waals surface area contributed by atoms with Crippen molar-refractivity contribution in [1.82, 2.24) is 24.7 Å². The van der Waals surface area contributed by atoms with E-state index in [0.29, 0.717) is 54.3 Å². The highest BCUT2D eigenvalue weighted by Gasteiger charge is 2.19. The predicted octanol–water partition coefficient (Wildman–Crippen LogP) is 3.99. The number of nitrogens with zero attached hydrogens (tertiary/aromatic N) is 5. The Balaban J connectivity index is 1.29. The van der Waals surface area contributed by atoms with E-state index in [0.717, 1.165) is 36.9 Å². The summed E-state index contributed by atoms with van der Waals surface area (Å²) in [6.07, 6.45) is 6.02. The number of pyridine rings is 2. The summed E-state index contributed by atoms with van der Waals surface area (Å²) >= 11 is 0. The Kier molecular flexibility index (Phi) is 6.47. The highest BCUT2D eigenvalue weighted by atomic mass is 16.5. The summed E-state index contributed by atoms with van der Waals surface area (Å²) in [6.45, 7) is 2.53. The molecular weight excluding hydrogens is 472 g/mol. The molecule has 1 amide bonds. The number of nitrogens with one attached hydrogen (secondary N) is 1. The molecule has 0 spiro atoms. The first-order valence-corrected chi connectivity index (χ1v) is 12.4. The first kappa shape index (κ1) is 23.1. The van der Waals surface area contributed by atoms with Crippen LogP contribution >= 0.6 is 0 Å². The SMILES string of the molecule is O=C1Nc2cccc(n2)-c2nncn2CCCCOc2ccc(-c3ccc(OC4CCOC4)nc3)cc21. The number of aryl methyl sites for hydroxylation is 1. The molecule has 188 valence electrons. The molecule has 2 aliphatic heterocycles. The van der Waals surface area contributed by atoms with Gasteiger partial charge in [-0.05, 0) is 48.7 Å². The fraction of sp³-hybridized carbons (Fsp3) is 0.296. The molecule has 10 nitrogen and oxygen atoms in total. The van der Waals surface area contributed by atoms with Gasteiger partial charge in [-0.25, -0.2) is 9.97 Å². The number of aromatic nitrogens is 5. The van der Waals surface area contributed by atoms with Crippen LogP contribution in [0.25, 0.3) is 22.6 Å². The Hall–Kier alpha value is -4.31. The van der Waals surface area contributed by atoms with Crippen LogP contribution in [-0.4, -0.2) is 56.6 Å². The maximum atomic E-state index is 13.4. The van der Waals surface area contributed by atoms with E-state index in [1.807, 2.05) is 47.0 Å². The van der Waals surface area contributed by atoms with Gasteiger partial charge in [0.2, 0.25) is 5.88 Å². The van der Waals surface area contributed by atoms with Gasteiger partial charge < -0.3 is 24.1 Å². The fourth-order valence-corrected chi connectivity index (χ4v) is 4.41. The zero-order valence-corrected chi connectivity index (χ0v) is 20.2. The Morgan fingerprint density at radius 3 is 2.86 bits per heavy atom. The van der Waals surface area contributed by atoms with Gasteiger partial charge in [0.15, 0.2) is 5.82 Å². The first-order chi connectivity index (χ1) is 18.2. The number of carbonyl (C=O) groups excluding carboxylic acids is 1. The smallest absolute Gasteiger partial charge is 0.260 e. The van der Waals surface area contributed by atoms with E-state index in [2.05, 4.69) is 25.5 Å². The maximum absolute atomic E-state index is 13.4. The lowest BCUT2D eigenvalue weighted by Crippen LogP contribution is -2.16. The van der Waals surface area contributed by atoms with Gasteiger partial charge >= 0.3 is 0 Å². The number of rotatable bonds is 3. The van der Waals surface area contributed by atoms with E-state index in [1.165, 1.54) is 0 Å². The molecule has 1 aromatic carbocycles. The van der Waals surface area contributed by atoms with Crippen molar-refractivity contribution in [2.75, 3.05) is 25.1 Å². The number of benzene rings is 1. The Morgan fingerprint density at radius 1 is 1.05 bits per heavy atom. The summed E-state index contributed by atoms with van der Waals surface area (Å²) < 4.78 is 19.2. The van der Waals surface area contributed by atoms with Crippen molar-refractivity contribution < 1.29 is 19.0 Å². The molecule has 5 heterocycles. The molecule has 3 aromatic heterocycles. The van der Waals surface area contributed by atoms with E-state index in [4.69, 9.17) is 14.2 Å². The molecule has 4 aromatic rings. The Morgan fingerprint density at radius 2 is 2.00 bits per heavy atom. The topological polar surface area (TPSA) is 113 Å². The normalized spacial score (nSPS) is 17.6. The second kappa shape index (κ2) is 10.4. The van der Waals surface area contributed by atoms with E-state index < -0.39 is 0 Å². The molecule has 1 unspecified atom stereocenters. The van der Waals surface area contributed by atoms with Crippen molar-refractivity contribution in [2.24, 2.45) is 0 Å². The molecule has 2 aliphatic rings. The summed E-state index contributed by atoms with van der Waals surface area (Å²) in [6, 6.07) is 14.8. The lowest BCUT2D eigenvalue weighted by Gasteiger charge is -2.15. The standard InChI is InChI=1S/C27H26N6O4/c34-27-21-14-18(19-7-9-25(28-15-19)37-20-10-13-35-16-20)6-8-23(21)36-12-2-1-11-33-17-29-32-26(33)22-4-3-5-24(30-22)31-27/h3-9,14-15,17,20H,1-2,10-13,16H2,(H,30,31,34). The molecule has 1 atom stereocenters. The summed E-state index contributed by atoms with van der Waals surface area (Å²) in [4.78, 5) is 22.4. The highest BCUT2D eigenvalue weighted by molar-refractivity contribution is 6.06.